The first-order valence-electron chi connectivity index (χ1n) is 8.66. The number of fused-ring (bicyclic) bond motifs is 4. The van der Waals surface area contributed by atoms with Crippen LogP contribution in [-0.4, -0.2) is 16.4 Å². The highest BCUT2D eigenvalue weighted by atomic mass is 35.5. The van der Waals surface area contributed by atoms with Crippen molar-refractivity contribution in [3.63, 3.8) is 0 Å². The Morgan fingerprint density at radius 2 is 1.79 bits per heavy atom. The van der Waals surface area contributed by atoms with Crippen molar-refractivity contribution in [2.24, 2.45) is 5.10 Å². The van der Waals surface area contributed by atoms with Crippen molar-refractivity contribution in [1.82, 2.24) is 5.01 Å². The second-order valence-corrected chi connectivity index (χ2v) is 7.35. The molecule has 0 bridgehead atoms. The van der Waals surface area contributed by atoms with Crippen LogP contribution in [0.3, 0.4) is 0 Å². The summed E-state index contributed by atoms with van der Waals surface area (Å²) in [7, 11) is 0. The molecule has 0 unspecified atom stereocenters. The first-order valence-corrected chi connectivity index (χ1v) is 9.04. The molecule has 3 aliphatic rings. The summed E-state index contributed by atoms with van der Waals surface area (Å²) < 4.78 is 6.50. The summed E-state index contributed by atoms with van der Waals surface area (Å²) in [6, 6.07) is 16.7. The van der Waals surface area contributed by atoms with Gasteiger partial charge in [0.2, 0.25) is 0 Å². The second kappa shape index (κ2) is 5.25. The summed E-state index contributed by atoms with van der Waals surface area (Å²) in [6.45, 7) is 0. The summed E-state index contributed by atoms with van der Waals surface area (Å²) in [5.74, 6) is 1.04. The predicted molar refractivity (Wildman–Crippen MR) is 95.5 cm³/mol. The lowest BCUT2D eigenvalue weighted by atomic mass is 9.94. The van der Waals surface area contributed by atoms with Crippen molar-refractivity contribution in [2.45, 2.75) is 43.9 Å². The second-order valence-electron chi connectivity index (χ2n) is 6.91. The Morgan fingerprint density at radius 3 is 2.58 bits per heavy atom. The van der Waals surface area contributed by atoms with Gasteiger partial charge in [0.15, 0.2) is 5.72 Å². The van der Waals surface area contributed by atoms with E-state index >= 15 is 0 Å². The number of halogens is 1. The van der Waals surface area contributed by atoms with E-state index in [1.807, 2.05) is 12.1 Å². The first-order chi connectivity index (χ1) is 11.8. The Labute approximate surface area is 146 Å². The third kappa shape index (κ3) is 2.07. The van der Waals surface area contributed by atoms with Gasteiger partial charge in [0.1, 0.15) is 5.75 Å². The van der Waals surface area contributed by atoms with Gasteiger partial charge in [-0.3, -0.25) is 0 Å². The van der Waals surface area contributed by atoms with Gasteiger partial charge in [-0.1, -0.05) is 41.9 Å². The molecule has 0 N–H and O–H groups in total. The molecule has 1 saturated carbocycles. The van der Waals surface area contributed by atoms with Crippen LogP contribution in [0.2, 0.25) is 5.02 Å². The van der Waals surface area contributed by atoms with Crippen molar-refractivity contribution in [1.29, 1.82) is 0 Å². The third-order valence-corrected chi connectivity index (χ3v) is 5.72. The van der Waals surface area contributed by atoms with E-state index in [9.17, 15) is 0 Å². The zero-order valence-corrected chi connectivity index (χ0v) is 14.2. The topological polar surface area (TPSA) is 24.8 Å². The van der Waals surface area contributed by atoms with Crippen LogP contribution >= 0.6 is 11.6 Å². The maximum atomic E-state index is 6.50. The van der Waals surface area contributed by atoms with Crippen molar-refractivity contribution < 1.29 is 4.74 Å². The summed E-state index contributed by atoms with van der Waals surface area (Å²) >= 11 is 6.04. The molecule has 0 radical (unpaired) electrons. The highest BCUT2D eigenvalue weighted by Crippen LogP contribution is 2.51. The highest BCUT2D eigenvalue weighted by molar-refractivity contribution is 6.30. The molecule has 1 spiro atoms. The van der Waals surface area contributed by atoms with E-state index in [2.05, 4.69) is 41.4 Å². The lowest BCUT2D eigenvalue weighted by molar-refractivity contribution is -0.114. The largest absolute Gasteiger partial charge is 0.466 e. The minimum atomic E-state index is -0.257. The van der Waals surface area contributed by atoms with Crippen LogP contribution in [0.15, 0.2) is 53.6 Å². The Balaban J connectivity index is 1.59. The molecule has 24 heavy (non-hydrogen) atoms. The summed E-state index contributed by atoms with van der Waals surface area (Å²) in [4.78, 5) is 0. The molecule has 1 atom stereocenters. The van der Waals surface area contributed by atoms with Gasteiger partial charge in [-0.25, -0.2) is 5.01 Å². The fourth-order valence-corrected chi connectivity index (χ4v) is 4.43. The van der Waals surface area contributed by atoms with Crippen LogP contribution in [0.1, 0.15) is 49.3 Å². The van der Waals surface area contributed by atoms with E-state index in [1.54, 1.807) is 0 Å². The fourth-order valence-electron chi connectivity index (χ4n) is 4.30. The lowest BCUT2D eigenvalue weighted by Gasteiger charge is -2.45. The van der Waals surface area contributed by atoms with Crippen molar-refractivity contribution in [3.05, 3.63) is 64.7 Å². The minimum Gasteiger partial charge on any atom is -0.466 e. The van der Waals surface area contributed by atoms with Crippen molar-refractivity contribution >= 4 is 17.3 Å². The van der Waals surface area contributed by atoms with E-state index in [4.69, 9.17) is 21.4 Å². The molecule has 4 heteroatoms. The monoisotopic (exact) mass is 338 g/mol. The van der Waals surface area contributed by atoms with Gasteiger partial charge in [0, 0.05) is 29.8 Å². The molecule has 2 aliphatic heterocycles. The molecule has 2 aromatic carbocycles. The zero-order chi connectivity index (χ0) is 16.1. The summed E-state index contributed by atoms with van der Waals surface area (Å²) in [5.41, 5.74) is 3.28. The van der Waals surface area contributed by atoms with Gasteiger partial charge >= 0.3 is 0 Å². The molecule has 3 nitrogen and oxygen atoms in total. The van der Waals surface area contributed by atoms with Crippen LogP contribution in [-0.2, 0) is 0 Å². The van der Waals surface area contributed by atoms with Crippen LogP contribution < -0.4 is 4.74 Å². The maximum Gasteiger partial charge on any atom is 0.198 e. The molecule has 5 rings (SSSR count). The van der Waals surface area contributed by atoms with Gasteiger partial charge in [-0.15, -0.1) is 0 Å². The fraction of sp³-hybridized carbons (Fsp3) is 0.350. The number of benzene rings is 2. The molecular weight excluding hydrogens is 320 g/mol. The minimum absolute atomic E-state index is 0.257. The van der Waals surface area contributed by atoms with Gasteiger partial charge in [0.05, 0.1) is 11.8 Å². The molecule has 0 amide bonds. The van der Waals surface area contributed by atoms with Crippen LogP contribution in [0.4, 0.5) is 0 Å². The normalized spacial score (nSPS) is 23.6. The van der Waals surface area contributed by atoms with E-state index in [0.29, 0.717) is 0 Å². The molecule has 0 saturated heterocycles. The number of ether oxygens (including phenoxy) is 1. The number of hydrogen-bond acceptors (Lipinski definition) is 3. The van der Waals surface area contributed by atoms with Crippen LogP contribution in [0.25, 0.3) is 0 Å². The Morgan fingerprint density at radius 1 is 1.04 bits per heavy atom. The van der Waals surface area contributed by atoms with Gasteiger partial charge < -0.3 is 4.74 Å². The summed E-state index contributed by atoms with van der Waals surface area (Å²) in [6.07, 6.45) is 5.43. The average Bonchev–Trinajstić information content (AvgIpc) is 3.24. The SMILES string of the molecule is Clc1ccc(C2=NN3[C@H](C2)c2ccccc2OC32CCCC2)cc1. The quantitative estimate of drug-likeness (QED) is 0.718. The molecule has 1 fully saturated rings. The molecule has 2 aromatic rings. The molecule has 0 aromatic heterocycles. The number of hydrazone groups is 1. The first kappa shape index (κ1) is 14.4. The Bertz CT molecular complexity index is 809. The van der Waals surface area contributed by atoms with Gasteiger partial charge in [-0.05, 0) is 36.6 Å². The highest BCUT2D eigenvalue weighted by Gasteiger charge is 2.51. The standard InChI is InChI=1S/C20H19ClN2O/c21-15-9-7-14(8-10-15)17-13-18-16-5-1-2-6-19(16)24-20(23(18)22-17)11-3-4-12-20/h1-2,5-10,18H,3-4,11-13H2/t18-/m1/s1. The molecule has 122 valence electrons. The smallest absolute Gasteiger partial charge is 0.198 e. The number of nitrogens with zero attached hydrogens (tertiary/aromatic N) is 2. The number of hydrogen-bond donors (Lipinski definition) is 0. The predicted octanol–water partition coefficient (Wildman–Crippen LogP) is 5.15. The van der Waals surface area contributed by atoms with E-state index < -0.39 is 0 Å². The molecule has 2 heterocycles. The van der Waals surface area contributed by atoms with E-state index in [0.717, 1.165) is 41.3 Å². The maximum absolute atomic E-state index is 6.50. The van der Waals surface area contributed by atoms with Crippen LogP contribution in [0.5, 0.6) is 5.75 Å². The lowest BCUT2D eigenvalue weighted by Crippen LogP contribution is -2.51. The number of para-hydroxylation sites is 1. The van der Waals surface area contributed by atoms with Gasteiger partial charge in [-0.2, -0.15) is 5.10 Å². The van der Waals surface area contributed by atoms with E-state index in [1.165, 1.54) is 18.4 Å². The van der Waals surface area contributed by atoms with Crippen molar-refractivity contribution in [2.75, 3.05) is 0 Å². The molecule has 1 aliphatic carbocycles. The van der Waals surface area contributed by atoms with Crippen molar-refractivity contribution in [3.8, 4) is 5.75 Å². The summed E-state index contributed by atoms with van der Waals surface area (Å²) in [5, 5.41) is 8.04. The average molecular weight is 339 g/mol. The van der Waals surface area contributed by atoms with Gasteiger partial charge in [0.25, 0.3) is 0 Å². The molecular formula is C20H19ClN2O. The van der Waals surface area contributed by atoms with E-state index in [-0.39, 0.29) is 11.8 Å². The number of rotatable bonds is 1. The third-order valence-electron chi connectivity index (χ3n) is 5.47. The van der Waals surface area contributed by atoms with Crippen LogP contribution in [0, 0.1) is 0 Å². The Kier molecular flexibility index (Phi) is 3.14. The Hall–Kier alpha value is -2.00. The zero-order valence-electron chi connectivity index (χ0n) is 13.4.